The Balaban J connectivity index is 2.93. The lowest BCUT2D eigenvalue weighted by Gasteiger charge is -2.08. The Hall–Kier alpha value is -2.68. The van der Waals surface area contributed by atoms with Crippen molar-refractivity contribution in [2.45, 2.75) is 13.1 Å². The Morgan fingerprint density at radius 1 is 1.32 bits per heavy atom. The number of hydrogen-bond donors (Lipinski definition) is 0. The first-order valence-electron chi connectivity index (χ1n) is 7.08. The van der Waals surface area contributed by atoms with Crippen molar-refractivity contribution < 1.29 is 27.4 Å². The standard InChI is InChI=1S/C16H18F3N3O3/c1-4-14(25-3)9-12(16(17,18)19)5-6-15-20-11-22(21-15)8-7-13(23)10-24-2/h4-9,11H,10H2,1-3H3/b6-5+,8-7+,12-9+,14-4+. The molecule has 1 rings (SSSR count). The second kappa shape index (κ2) is 9.58. The monoisotopic (exact) mass is 357 g/mol. The second-order valence-corrected chi connectivity index (χ2v) is 4.62. The van der Waals surface area contributed by atoms with Crippen LogP contribution < -0.4 is 0 Å². The third-order valence-electron chi connectivity index (χ3n) is 2.78. The lowest BCUT2D eigenvalue weighted by Crippen LogP contribution is -2.10. The van der Waals surface area contributed by atoms with E-state index in [1.165, 1.54) is 43.6 Å². The molecule has 0 aliphatic rings. The first-order valence-corrected chi connectivity index (χ1v) is 7.08. The largest absolute Gasteiger partial charge is 0.497 e. The highest BCUT2D eigenvalue weighted by Crippen LogP contribution is 2.28. The Morgan fingerprint density at radius 3 is 2.60 bits per heavy atom. The van der Waals surface area contributed by atoms with Gasteiger partial charge in [0, 0.05) is 19.4 Å². The highest BCUT2D eigenvalue weighted by atomic mass is 19.4. The molecular formula is C16H18F3N3O3. The minimum Gasteiger partial charge on any atom is -0.497 e. The molecule has 1 aromatic rings. The van der Waals surface area contributed by atoms with Crippen LogP contribution in [0.1, 0.15) is 12.7 Å². The van der Waals surface area contributed by atoms with Gasteiger partial charge in [0.05, 0.1) is 12.7 Å². The number of alkyl halides is 3. The molecule has 0 aromatic carbocycles. The number of ether oxygens (including phenoxy) is 2. The fourth-order valence-electron chi connectivity index (χ4n) is 1.59. The van der Waals surface area contributed by atoms with E-state index in [-0.39, 0.29) is 24.0 Å². The molecule has 1 aromatic heterocycles. The van der Waals surface area contributed by atoms with Crippen LogP contribution in [-0.2, 0) is 14.3 Å². The van der Waals surface area contributed by atoms with Crippen LogP contribution in [0.2, 0.25) is 0 Å². The van der Waals surface area contributed by atoms with Gasteiger partial charge in [-0.1, -0.05) is 0 Å². The van der Waals surface area contributed by atoms with Gasteiger partial charge in [-0.2, -0.15) is 13.2 Å². The van der Waals surface area contributed by atoms with Crippen molar-refractivity contribution in [3.05, 3.63) is 47.8 Å². The summed E-state index contributed by atoms with van der Waals surface area (Å²) >= 11 is 0. The zero-order valence-corrected chi connectivity index (χ0v) is 13.9. The van der Waals surface area contributed by atoms with E-state index in [2.05, 4.69) is 14.8 Å². The molecule has 0 N–H and O–H groups in total. The quantitative estimate of drug-likeness (QED) is 0.406. The van der Waals surface area contributed by atoms with Gasteiger partial charge in [0.25, 0.3) is 0 Å². The van der Waals surface area contributed by atoms with Crippen molar-refractivity contribution >= 4 is 18.1 Å². The Labute approximate surface area is 142 Å². The van der Waals surface area contributed by atoms with E-state index in [1.54, 1.807) is 6.92 Å². The predicted molar refractivity (Wildman–Crippen MR) is 86.2 cm³/mol. The number of methoxy groups -OCH3 is 2. The predicted octanol–water partition coefficient (Wildman–Crippen LogP) is 3.02. The molecule has 0 bridgehead atoms. The van der Waals surface area contributed by atoms with Crippen LogP contribution >= 0.6 is 0 Å². The SMILES string of the molecule is C\C=C(/C=C(\C=C\c1ncn(/C=C/C(=O)COC)n1)C(F)(F)F)OC. The molecule has 0 amide bonds. The summed E-state index contributed by atoms with van der Waals surface area (Å²) in [4.78, 5) is 15.1. The smallest absolute Gasteiger partial charge is 0.416 e. The molecule has 0 unspecified atom stereocenters. The molecular weight excluding hydrogens is 339 g/mol. The Bertz CT molecular complexity index is 701. The number of carbonyl (C=O) groups is 1. The number of halogens is 3. The van der Waals surface area contributed by atoms with E-state index < -0.39 is 11.7 Å². The lowest BCUT2D eigenvalue weighted by molar-refractivity contribution is -0.117. The minimum absolute atomic E-state index is 0.0541. The molecule has 0 saturated carbocycles. The molecule has 0 fully saturated rings. The van der Waals surface area contributed by atoms with Gasteiger partial charge in [-0.15, -0.1) is 5.10 Å². The second-order valence-electron chi connectivity index (χ2n) is 4.62. The van der Waals surface area contributed by atoms with E-state index in [0.29, 0.717) is 0 Å². The molecule has 0 aliphatic heterocycles. The topological polar surface area (TPSA) is 66.2 Å². The maximum absolute atomic E-state index is 13.0. The number of allylic oxidation sites excluding steroid dienone is 4. The average Bonchev–Trinajstić information content (AvgIpc) is 3.00. The number of hydrogen-bond acceptors (Lipinski definition) is 5. The van der Waals surface area contributed by atoms with Gasteiger partial charge in [0.2, 0.25) is 0 Å². The summed E-state index contributed by atoms with van der Waals surface area (Å²) in [5.41, 5.74) is -0.912. The van der Waals surface area contributed by atoms with E-state index in [0.717, 1.165) is 18.2 Å². The van der Waals surface area contributed by atoms with Crippen molar-refractivity contribution in [3.8, 4) is 0 Å². The molecule has 9 heteroatoms. The maximum Gasteiger partial charge on any atom is 0.416 e. The summed E-state index contributed by atoms with van der Waals surface area (Å²) in [6.07, 6.45) is 3.51. The van der Waals surface area contributed by atoms with Gasteiger partial charge in [0.15, 0.2) is 11.6 Å². The van der Waals surface area contributed by atoms with Crippen molar-refractivity contribution in [2.24, 2.45) is 0 Å². The zero-order valence-electron chi connectivity index (χ0n) is 13.9. The third kappa shape index (κ3) is 7.17. The summed E-state index contributed by atoms with van der Waals surface area (Å²) < 4.78 is 49.8. The van der Waals surface area contributed by atoms with Gasteiger partial charge in [-0.25, -0.2) is 9.67 Å². The number of carbonyl (C=O) groups excluding carboxylic acids is 1. The first-order chi connectivity index (χ1) is 11.8. The normalized spacial score (nSPS) is 13.8. The van der Waals surface area contributed by atoms with Gasteiger partial charge in [-0.05, 0) is 31.2 Å². The average molecular weight is 357 g/mol. The summed E-state index contributed by atoms with van der Waals surface area (Å²) in [5, 5.41) is 3.91. The van der Waals surface area contributed by atoms with Gasteiger partial charge in [0.1, 0.15) is 18.7 Å². The molecule has 0 spiro atoms. The molecule has 0 aliphatic carbocycles. The Morgan fingerprint density at radius 2 is 2.04 bits per heavy atom. The fourth-order valence-corrected chi connectivity index (χ4v) is 1.59. The van der Waals surface area contributed by atoms with Crippen LogP contribution in [0, 0.1) is 0 Å². The first kappa shape index (κ1) is 20.4. The van der Waals surface area contributed by atoms with E-state index in [1.807, 2.05) is 0 Å². The molecule has 0 saturated heterocycles. The van der Waals surface area contributed by atoms with Crippen LogP contribution in [0.3, 0.4) is 0 Å². The molecule has 0 atom stereocenters. The van der Waals surface area contributed by atoms with Gasteiger partial charge in [-0.3, -0.25) is 4.79 Å². The van der Waals surface area contributed by atoms with Crippen LogP contribution in [0.15, 0.2) is 42.0 Å². The van der Waals surface area contributed by atoms with Crippen molar-refractivity contribution in [1.29, 1.82) is 0 Å². The maximum atomic E-state index is 13.0. The van der Waals surface area contributed by atoms with E-state index in [4.69, 9.17) is 4.74 Å². The number of nitrogens with zero attached hydrogens (tertiary/aromatic N) is 3. The summed E-state index contributed by atoms with van der Waals surface area (Å²) in [6, 6.07) is 0. The van der Waals surface area contributed by atoms with Crippen LogP contribution in [0.4, 0.5) is 13.2 Å². The fraction of sp³-hybridized carbons (Fsp3) is 0.312. The summed E-state index contributed by atoms with van der Waals surface area (Å²) in [6.45, 7) is 1.48. The highest BCUT2D eigenvalue weighted by Gasteiger charge is 2.32. The molecule has 0 radical (unpaired) electrons. The van der Waals surface area contributed by atoms with E-state index in [9.17, 15) is 18.0 Å². The number of aromatic nitrogens is 3. The molecule has 25 heavy (non-hydrogen) atoms. The minimum atomic E-state index is -4.56. The van der Waals surface area contributed by atoms with E-state index >= 15 is 0 Å². The summed E-state index contributed by atoms with van der Waals surface area (Å²) in [7, 11) is 2.67. The lowest BCUT2D eigenvalue weighted by atomic mass is 10.2. The van der Waals surface area contributed by atoms with Crippen LogP contribution in [-0.4, -0.2) is 47.6 Å². The number of ketones is 1. The Kier molecular flexibility index (Phi) is 7.80. The molecule has 1 heterocycles. The van der Waals surface area contributed by atoms with Crippen molar-refractivity contribution in [1.82, 2.24) is 14.8 Å². The van der Waals surface area contributed by atoms with Crippen LogP contribution in [0.5, 0.6) is 0 Å². The third-order valence-corrected chi connectivity index (χ3v) is 2.78. The van der Waals surface area contributed by atoms with Crippen molar-refractivity contribution in [3.63, 3.8) is 0 Å². The van der Waals surface area contributed by atoms with Crippen LogP contribution in [0.25, 0.3) is 12.3 Å². The van der Waals surface area contributed by atoms with Gasteiger partial charge < -0.3 is 9.47 Å². The summed E-state index contributed by atoms with van der Waals surface area (Å²) in [5.74, 6) is -0.149. The molecule has 6 nitrogen and oxygen atoms in total. The highest BCUT2D eigenvalue weighted by molar-refractivity contribution is 5.93. The number of rotatable bonds is 8. The van der Waals surface area contributed by atoms with Crippen molar-refractivity contribution in [2.75, 3.05) is 20.8 Å². The molecule has 136 valence electrons. The zero-order chi connectivity index (χ0) is 18.9. The van der Waals surface area contributed by atoms with Gasteiger partial charge >= 0.3 is 6.18 Å².